The van der Waals surface area contributed by atoms with E-state index < -0.39 is 17.8 Å². The Balaban J connectivity index is 1.68. The van der Waals surface area contributed by atoms with Gasteiger partial charge in [0, 0.05) is 24.9 Å². The zero-order valence-electron chi connectivity index (χ0n) is 17.2. The normalized spacial score (nSPS) is 24.9. The molecule has 0 aliphatic heterocycles. The highest BCUT2D eigenvalue weighted by Gasteiger charge is 2.39. The SMILES string of the molecule is COC(C)(C)c1cccc(-c2cc3nccc(N[C@@H]4C[C@@H](C)[C@@H](O)[C@H]4O)n3n2)c1. The molecule has 4 atom stereocenters. The number of aliphatic hydroxyl groups is 2. The van der Waals surface area contributed by atoms with Gasteiger partial charge < -0.3 is 20.3 Å². The van der Waals surface area contributed by atoms with Gasteiger partial charge in [0.15, 0.2) is 5.65 Å². The molecule has 29 heavy (non-hydrogen) atoms. The lowest BCUT2D eigenvalue weighted by Crippen LogP contribution is -2.35. The number of benzene rings is 1. The Kier molecular flexibility index (Phi) is 5.06. The fourth-order valence-electron chi connectivity index (χ4n) is 3.90. The third-order valence-electron chi connectivity index (χ3n) is 6.03. The molecular weight excluding hydrogens is 368 g/mol. The summed E-state index contributed by atoms with van der Waals surface area (Å²) in [5, 5.41) is 28.4. The van der Waals surface area contributed by atoms with Crippen molar-refractivity contribution in [2.45, 2.75) is 51.0 Å². The minimum Gasteiger partial charge on any atom is -0.390 e. The molecule has 0 spiro atoms. The predicted octanol–water partition coefficient (Wildman–Crippen LogP) is 2.82. The number of anilines is 1. The van der Waals surface area contributed by atoms with Crippen molar-refractivity contribution in [3.8, 4) is 11.3 Å². The summed E-state index contributed by atoms with van der Waals surface area (Å²) < 4.78 is 7.34. The highest BCUT2D eigenvalue weighted by Crippen LogP contribution is 2.31. The number of ether oxygens (including phenoxy) is 1. The lowest BCUT2D eigenvalue weighted by atomic mass is 9.95. The van der Waals surface area contributed by atoms with E-state index in [9.17, 15) is 10.2 Å². The summed E-state index contributed by atoms with van der Waals surface area (Å²) in [5.41, 5.74) is 3.17. The van der Waals surface area contributed by atoms with Crippen LogP contribution in [0.25, 0.3) is 16.9 Å². The topological polar surface area (TPSA) is 91.9 Å². The molecule has 0 saturated heterocycles. The second-order valence-electron chi connectivity index (χ2n) is 8.37. The van der Waals surface area contributed by atoms with Crippen LogP contribution in [0.4, 0.5) is 5.82 Å². The Labute approximate surface area is 170 Å². The van der Waals surface area contributed by atoms with Gasteiger partial charge in [-0.05, 0) is 43.9 Å². The number of methoxy groups -OCH3 is 1. The Morgan fingerprint density at radius 3 is 2.66 bits per heavy atom. The van der Waals surface area contributed by atoms with Crippen molar-refractivity contribution in [2.24, 2.45) is 5.92 Å². The number of rotatable bonds is 5. The lowest BCUT2D eigenvalue weighted by Gasteiger charge is -2.23. The van der Waals surface area contributed by atoms with Gasteiger partial charge in [0.25, 0.3) is 0 Å². The predicted molar refractivity (Wildman–Crippen MR) is 112 cm³/mol. The molecule has 1 aliphatic rings. The van der Waals surface area contributed by atoms with Crippen molar-refractivity contribution in [3.05, 3.63) is 48.2 Å². The molecule has 1 fully saturated rings. The quantitative estimate of drug-likeness (QED) is 0.614. The summed E-state index contributed by atoms with van der Waals surface area (Å²) in [7, 11) is 1.70. The summed E-state index contributed by atoms with van der Waals surface area (Å²) >= 11 is 0. The van der Waals surface area contributed by atoms with Gasteiger partial charge in [0.05, 0.1) is 23.4 Å². The third kappa shape index (κ3) is 3.61. The first-order valence-electron chi connectivity index (χ1n) is 9.93. The minimum absolute atomic E-state index is 0.0416. The Hall–Kier alpha value is -2.48. The average Bonchev–Trinajstić information content (AvgIpc) is 3.26. The van der Waals surface area contributed by atoms with Gasteiger partial charge in [0.2, 0.25) is 0 Å². The van der Waals surface area contributed by atoms with E-state index in [1.165, 1.54) is 0 Å². The Bertz CT molecular complexity index is 1020. The molecule has 3 aromatic rings. The van der Waals surface area contributed by atoms with Crippen molar-refractivity contribution in [2.75, 3.05) is 12.4 Å². The number of hydrogen-bond donors (Lipinski definition) is 3. The molecule has 2 aromatic heterocycles. The van der Waals surface area contributed by atoms with Crippen molar-refractivity contribution >= 4 is 11.5 Å². The van der Waals surface area contributed by atoms with Crippen LogP contribution in [0.3, 0.4) is 0 Å². The molecule has 0 unspecified atom stereocenters. The molecule has 7 nitrogen and oxygen atoms in total. The average molecular weight is 396 g/mol. The van der Waals surface area contributed by atoms with Crippen LogP contribution in [0.15, 0.2) is 42.6 Å². The number of fused-ring (bicyclic) bond motifs is 1. The van der Waals surface area contributed by atoms with E-state index in [-0.39, 0.29) is 12.0 Å². The van der Waals surface area contributed by atoms with Gasteiger partial charge >= 0.3 is 0 Å². The number of nitrogens with zero attached hydrogens (tertiary/aromatic N) is 3. The third-order valence-corrected chi connectivity index (χ3v) is 6.03. The van der Waals surface area contributed by atoms with Crippen LogP contribution in [-0.2, 0) is 10.3 Å². The minimum atomic E-state index is -0.809. The molecule has 1 saturated carbocycles. The Morgan fingerprint density at radius 1 is 1.17 bits per heavy atom. The first kappa shape index (κ1) is 19.8. The van der Waals surface area contributed by atoms with E-state index in [4.69, 9.17) is 9.84 Å². The van der Waals surface area contributed by atoms with E-state index in [1.54, 1.807) is 17.8 Å². The number of hydrogen-bond acceptors (Lipinski definition) is 6. The van der Waals surface area contributed by atoms with Crippen LogP contribution in [-0.4, -0.2) is 50.2 Å². The van der Waals surface area contributed by atoms with E-state index in [0.29, 0.717) is 12.1 Å². The Morgan fingerprint density at radius 2 is 1.97 bits per heavy atom. The molecule has 0 amide bonds. The molecule has 1 aliphatic carbocycles. The molecule has 154 valence electrons. The fraction of sp³-hybridized carbons (Fsp3) is 0.455. The molecule has 3 N–H and O–H groups in total. The maximum Gasteiger partial charge on any atom is 0.157 e. The van der Waals surface area contributed by atoms with Gasteiger partial charge in [-0.25, -0.2) is 4.98 Å². The molecule has 7 heteroatoms. The maximum absolute atomic E-state index is 10.3. The second-order valence-corrected chi connectivity index (χ2v) is 8.37. The summed E-state index contributed by atoms with van der Waals surface area (Å²) in [6, 6.07) is 11.7. The van der Waals surface area contributed by atoms with Crippen molar-refractivity contribution < 1.29 is 14.9 Å². The summed E-state index contributed by atoms with van der Waals surface area (Å²) in [4.78, 5) is 4.42. The van der Waals surface area contributed by atoms with E-state index >= 15 is 0 Å². The van der Waals surface area contributed by atoms with Gasteiger partial charge in [0.1, 0.15) is 11.9 Å². The number of nitrogens with one attached hydrogen (secondary N) is 1. The molecular formula is C22H28N4O3. The summed E-state index contributed by atoms with van der Waals surface area (Å²) in [5.74, 6) is 0.778. The first-order chi connectivity index (χ1) is 13.8. The largest absolute Gasteiger partial charge is 0.390 e. The van der Waals surface area contributed by atoms with E-state index in [0.717, 1.165) is 22.6 Å². The molecule has 4 rings (SSSR count). The second kappa shape index (κ2) is 7.40. The van der Waals surface area contributed by atoms with Crippen LogP contribution < -0.4 is 5.32 Å². The molecule has 2 heterocycles. The number of aliphatic hydroxyl groups excluding tert-OH is 2. The zero-order valence-corrected chi connectivity index (χ0v) is 17.2. The monoisotopic (exact) mass is 396 g/mol. The zero-order chi connectivity index (χ0) is 20.8. The molecule has 0 bridgehead atoms. The summed E-state index contributed by atoms with van der Waals surface area (Å²) in [6.07, 6.45) is 0.879. The lowest BCUT2D eigenvalue weighted by molar-refractivity contribution is 0.0192. The van der Waals surface area contributed by atoms with Gasteiger partial charge in [-0.3, -0.25) is 0 Å². The highest BCUT2D eigenvalue weighted by molar-refractivity contribution is 5.66. The number of aromatic nitrogens is 3. The van der Waals surface area contributed by atoms with E-state index in [1.807, 2.05) is 51.1 Å². The maximum atomic E-state index is 10.3. The van der Waals surface area contributed by atoms with Gasteiger partial charge in [-0.2, -0.15) is 9.61 Å². The van der Waals surface area contributed by atoms with Crippen LogP contribution in [0.1, 0.15) is 32.8 Å². The first-order valence-corrected chi connectivity index (χ1v) is 9.93. The van der Waals surface area contributed by atoms with Crippen LogP contribution in [0, 0.1) is 5.92 Å². The molecule has 0 radical (unpaired) electrons. The standard InChI is InChI=1S/C22H28N4O3/c1-13-10-17(21(28)20(13)27)24-18-8-9-23-19-12-16(25-26(18)19)14-6-5-7-15(11-14)22(2,3)29-4/h5-9,11-13,17,20-21,24,27-28H,10H2,1-4H3/t13-,17-,20-,21+/m1/s1. The van der Waals surface area contributed by atoms with E-state index in [2.05, 4.69) is 16.4 Å². The van der Waals surface area contributed by atoms with Crippen molar-refractivity contribution in [3.63, 3.8) is 0 Å². The summed E-state index contributed by atoms with van der Waals surface area (Å²) in [6.45, 7) is 6.00. The van der Waals surface area contributed by atoms with Gasteiger partial charge in [-0.15, -0.1) is 0 Å². The van der Waals surface area contributed by atoms with Crippen LogP contribution >= 0.6 is 0 Å². The smallest absolute Gasteiger partial charge is 0.157 e. The van der Waals surface area contributed by atoms with Crippen LogP contribution in [0.5, 0.6) is 0 Å². The van der Waals surface area contributed by atoms with Crippen molar-refractivity contribution in [1.82, 2.24) is 14.6 Å². The van der Waals surface area contributed by atoms with Crippen LogP contribution in [0.2, 0.25) is 0 Å². The van der Waals surface area contributed by atoms with Gasteiger partial charge in [-0.1, -0.05) is 25.1 Å². The molecule has 1 aromatic carbocycles. The fourth-order valence-corrected chi connectivity index (χ4v) is 3.90. The van der Waals surface area contributed by atoms with Crippen molar-refractivity contribution in [1.29, 1.82) is 0 Å². The highest BCUT2D eigenvalue weighted by atomic mass is 16.5.